The van der Waals surface area contributed by atoms with Crippen molar-refractivity contribution in [3.05, 3.63) is 0 Å². The molecule has 0 bridgehead atoms. The molecule has 1 radical (unpaired) electrons. The molecule has 4 aliphatic rings. The van der Waals surface area contributed by atoms with E-state index in [1.54, 1.807) is 49.7 Å². The summed E-state index contributed by atoms with van der Waals surface area (Å²) in [4.78, 5) is 29.9. The third-order valence-corrected chi connectivity index (χ3v) is 1.76. The molecule has 0 saturated heterocycles. The fraction of sp³-hybridized carbons (Fsp3) is 0.333. The summed E-state index contributed by atoms with van der Waals surface area (Å²) >= 11 is 0. The molecule has 0 aromatic heterocycles. The van der Waals surface area contributed by atoms with Gasteiger partial charge in [-0.2, -0.15) is 0 Å². The summed E-state index contributed by atoms with van der Waals surface area (Å²) in [6, 6.07) is 0. The molecule has 0 unspecified atom stereocenters. The molecule has 23 heavy (non-hydrogen) atoms. The molecule has 0 saturated carbocycles. The van der Waals surface area contributed by atoms with E-state index in [0.717, 1.165) is 0 Å². The van der Waals surface area contributed by atoms with Crippen molar-refractivity contribution in [3.8, 4) is 0 Å². The van der Waals surface area contributed by atoms with E-state index in [1.807, 2.05) is 0 Å². The normalized spacial score (nSPS) is 15.3. The van der Waals surface area contributed by atoms with E-state index >= 15 is 0 Å². The molecule has 0 aromatic carbocycles. The summed E-state index contributed by atoms with van der Waals surface area (Å²) in [5, 5.41) is 0. The van der Waals surface area contributed by atoms with Gasteiger partial charge in [0.15, 0.2) is 0 Å². The van der Waals surface area contributed by atoms with Crippen LogP contribution in [0.3, 0.4) is 0 Å². The minimum absolute atomic E-state index is 0. The van der Waals surface area contributed by atoms with Gasteiger partial charge in [-0.3, -0.25) is 39.9 Å². The molecule has 0 fully saturated rings. The van der Waals surface area contributed by atoms with Crippen molar-refractivity contribution in [1.82, 2.24) is 0 Å². The molecule has 4 aliphatic heterocycles. The molecular weight excluding hydrogens is 352 g/mol. The van der Waals surface area contributed by atoms with Crippen molar-refractivity contribution >= 4 is 49.7 Å². The fourth-order valence-corrected chi connectivity index (χ4v) is 0.943. The first-order valence-electron chi connectivity index (χ1n) is 5.93. The molecule has 4 rings (SSSR count). The largest absolute Gasteiger partial charge is 2.00 e. The number of nitrogens with zero attached hydrogens (tertiary/aromatic N) is 8. The van der Waals surface area contributed by atoms with Gasteiger partial charge >= 0.3 is 17.1 Å². The van der Waals surface area contributed by atoms with E-state index in [1.165, 1.54) is 0 Å². The molecule has 0 atom stereocenters. The first-order valence-corrected chi connectivity index (χ1v) is 5.93. The SMILES string of the molecule is C1=NCN=C1.C1=NCN=C1.C1=NCN=C1.C1=NCN=C1.O.O.[Cu+2]. The summed E-state index contributed by atoms with van der Waals surface area (Å²) in [6.07, 6.45) is 13.6. The maximum atomic E-state index is 3.74. The molecule has 10 nitrogen and oxygen atoms in total. The second-order valence-electron chi connectivity index (χ2n) is 3.22. The van der Waals surface area contributed by atoms with E-state index in [9.17, 15) is 0 Å². The zero-order valence-electron chi connectivity index (χ0n) is 12.3. The Morgan fingerprint density at radius 3 is 0.522 bits per heavy atom. The Bertz CT molecular complexity index is 355. The summed E-state index contributed by atoms with van der Waals surface area (Å²) in [7, 11) is 0. The van der Waals surface area contributed by atoms with Crippen LogP contribution >= 0.6 is 0 Å². The van der Waals surface area contributed by atoms with Gasteiger partial charge in [-0.15, -0.1) is 0 Å². The molecule has 4 heterocycles. The predicted octanol–water partition coefficient (Wildman–Crippen LogP) is -1.26. The smallest absolute Gasteiger partial charge is 0.412 e. The Morgan fingerprint density at radius 2 is 0.478 bits per heavy atom. The standard InChI is InChI=1S/4C3H4N2.Cu.2H2O/c4*1-2-5-3-4-1;;;/h4*1-2H,3H2;;2*1H2/q;;;;+2;;. The molecule has 11 heteroatoms. The maximum Gasteiger partial charge on any atom is 2.00 e. The van der Waals surface area contributed by atoms with Crippen molar-refractivity contribution in [2.75, 3.05) is 26.7 Å². The van der Waals surface area contributed by atoms with Crippen molar-refractivity contribution in [1.29, 1.82) is 0 Å². The minimum atomic E-state index is 0. The molecule has 0 aromatic rings. The van der Waals surface area contributed by atoms with Crippen LogP contribution in [0.2, 0.25) is 0 Å². The molecular formula is C12H20CuN8O2+2. The van der Waals surface area contributed by atoms with Crippen LogP contribution in [-0.4, -0.2) is 87.3 Å². The van der Waals surface area contributed by atoms with Crippen LogP contribution in [-0.2, 0) is 17.1 Å². The summed E-state index contributed by atoms with van der Waals surface area (Å²) < 4.78 is 0. The van der Waals surface area contributed by atoms with E-state index < -0.39 is 0 Å². The zero-order chi connectivity index (χ0) is 14.1. The van der Waals surface area contributed by atoms with Crippen LogP contribution in [0.25, 0.3) is 0 Å². The van der Waals surface area contributed by atoms with Crippen LogP contribution in [0.4, 0.5) is 0 Å². The topological polar surface area (TPSA) is 162 Å². The Balaban J connectivity index is -0.000000222. The van der Waals surface area contributed by atoms with E-state index in [-0.39, 0.29) is 28.0 Å². The minimum Gasteiger partial charge on any atom is -0.412 e. The van der Waals surface area contributed by atoms with Gasteiger partial charge in [-0.25, -0.2) is 0 Å². The van der Waals surface area contributed by atoms with Gasteiger partial charge in [0.05, 0.1) is 0 Å². The molecule has 0 amide bonds. The molecule has 0 spiro atoms. The zero-order valence-corrected chi connectivity index (χ0v) is 13.3. The quantitative estimate of drug-likeness (QED) is 0.465. The Hall–Kier alpha value is -2.20. The van der Waals surface area contributed by atoms with Gasteiger partial charge in [-0.05, 0) is 0 Å². The first-order chi connectivity index (χ1) is 10.0. The Kier molecular flexibility index (Phi) is 24.7. The first kappa shape index (κ1) is 25.7. The molecule has 129 valence electrons. The number of rotatable bonds is 0. The van der Waals surface area contributed by atoms with Crippen LogP contribution in [0, 0.1) is 0 Å². The average Bonchev–Trinajstić information content (AvgIpc) is 3.40. The summed E-state index contributed by atoms with van der Waals surface area (Å²) in [6.45, 7) is 2.56. The van der Waals surface area contributed by atoms with Crippen LogP contribution < -0.4 is 0 Å². The van der Waals surface area contributed by atoms with Gasteiger partial charge in [0.2, 0.25) is 0 Å². The van der Waals surface area contributed by atoms with Crippen molar-refractivity contribution < 1.29 is 28.0 Å². The van der Waals surface area contributed by atoms with Gasteiger partial charge < -0.3 is 11.0 Å². The molecule has 0 aliphatic carbocycles. The second kappa shape index (κ2) is 22.1. The maximum absolute atomic E-state index is 3.74. The van der Waals surface area contributed by atoms with Crippen LogP contribution in [0.5, 0.6) is 0 Å². The Morgan fingerprint density at radius 1 is 0.348 bits per heavy atom. The molecule has 4 N–H and O–H groups in total. The number of aliphatic imine (C=N–C) groups is 8. The van der Waals surface area contributed by atoms with E-state index in [4.69, 9.17) is 0 Å². The third-order valence-electron chi connectivity index (χ3n) is 1.76. The van der Waals surface area contributed by atoms with Crippen molar-refractivity contribution in [3.63, 3.8) is 0 Å². The monoisotopic (exact) mass is 371 g/mol. The number of hydrogen-bond acceptors (Lipinski definition) is 8. The van der Waals surface area contributed by atoms with E-state index in [2.05, 4.69) is 39.9 Å². The van der Waals surface area contributed by atoms with Crippen molar-refractivity contribution in [2.24, 2.45) is 39.9 Å². The van der Waals surface area contributed by atoms with Crippen LogP contribution in [0.15, 0.2) is 39.9 Å². The average molecular weight is 372 g/mol. The summed E-state index contributed by atoms with van der Waals surface area (Å²) in [5.41, 5.74) is 0. The Labute approximate surface area is 144 Å². The van der Waals surface area contributed by atoms with E-state index in [0.29, 0.717) is 26.7 Å². The second-order valence-corrected chi connectivity index (χ2v) is 3.22. The predicted molar refractivity (Wildman–Crippen MR) is 94.6 cm³/mol. The fourth-order valence-electron chi connectivity index (χ4n) is 0.943. The van der Waals surface area contributed by atoms with Crippen molar-refractivity contribution in [2.45, 2.75) is 0 Å². The third kappa shape index (κ3) is 19.8. The van der Waals surface area contributed by atoms with Crippen LogP contribution in [0.1, 0.15) is 0 Å². The summed E-state index contributed by atoms with van der Waals surface area (Å²) in [5.74, 6) is 0. The van der Waals surface area contributed by atoms with Gasteiger partial charge in [0, 0.05) is 49.7 Å². The number of hydrogen-bond donors (Lipinski definition) is 0. The van der Waals surface area contributed by atoms with Gasteiger partial charge in [0.25, 0.3) is 0 Å². The van der Waals surface area contributed by atoms with Gasteiger partial charge in [-0.1, -0.05) is 0 Å². The van der Waals surface area contributed by atoms with Gasteiger partial charge in [0.1, 0.15) is 26.7 Å².